The number of benzene rings is 3. The molecule has 2 aliphatic carbocycles. The van der Waals surface area contributed by atoms with Gasteiger partial charge >= 0.3 is 35.8 Å². The van der Waals surface area contributed by atoms with Crippen molar-refractivity contribution < 1.29 is 66.7 Å². The van der Waals surface area contributed by atoms with Gasteiger partial charge in [0.2, 0.25) is 0 Å². The van der Waals surface area contributed by atoms with E-state index in [1.54, 1.807) is 24.3 Å². The molecule has 352 valence electrons. The number of carbonyl (C=O) groups excluding carboxylic acids is 7. The molecule has 14 nitrogen and oxygen atoms in total. The fourth-order valence-corrected chi connectivity index (χ4v) is 7.76. The van der Waals surface area contributed by atoms with E-state index in [1.165, 1.54) is 25.1 Å². The summed E-state index contributed by atoms with van der Waals surface area (Å²) in [5.74, 6) is -2.38. The second kappa shape index (κ2) is 26.4. The lowest BCUT2D eigenvalue weighted by Crippen LogP contribution is -2.30. The van der Waals surface area contributed by atoms with Gasteiger partial charge in [-0.05, 0) is 150 Å². The number of rotatable bonds is 24. The molecule has 5 rings (SSSR count). The smallest absolute Gasteiger partial charge is 0.335 e. The summed E-state index contributed by atoms with van der Waals surface area (Å²) in [6.45, 7) is 9.05. The SMILES string of the molecule is C=CC(=O)OCCCCCCOc1ccc(CCC(=O)OC2CCC(C(=O)Oc3ccc(OC(=O)C4CCC(OC(=O)CCc5ccc(OC(=O)C=C)cc5)CC4)cc3C(C)=O)CC2)cc1. The average Bonchev–Trinajstić information content (AvgIpc) is 3.32. The largest absolute Gasteiger partial charge is 0.494 e. The molecule has 2 aliphatic rings. The fraction of sp³-hybridized carbons (Fsp3) is 0.442. The Labute approximate surface area is 385 Å². The van der Waals surface area contributed by atoms with Crippen LogP contribution in [0.2, 0.25) is 0 Å². The van der Waals surface area contributed by atoms with Crippen molar-refractivity contribution >= 4 is 41.6 Å². The predicted molar refractivity (Wildman–Crippen MR) is 242 cm³/mol. The van der Waals surface area contributed by atoms with Gasteiger partial charge in [-0.3, -0.25) is 24.0 Å². The van der Waals surface area contributed by atoms with Crippen molar-refractivity contribution in [3.05, 3.63) is 109 Å². The van der Waals surface area contributed by atoms with Crippen LogP contribution >= 0.6 is 0 Å². The van der Waals surface area contributed by atoms with E-state index >= 15 is 0 Å². The van der Waals surface area contributed by atoms with Crippen LogP contribution in [0.25, 0.3) is 0 Å². The third-order valence-corrected chi connectivity index (χ3v) is 11.6. The number of hydrogen-bond acceptors (Lipinski definition) is 14. The molecule has 3 aromatic rings. The molecule has 2 saturated carbocycles. The van der Waals surface area contributed by atoms with Crippen molar-refractivity contribution in [1.29, 1.82) is 0 Å². The van der Waals surface area contributed by atoms with E-state index in [0.29, 0.717) is 83.2 Å². The molecule has 0 saturated heterocycles. The molecule has 0 unspecified atom stereocenters. The van der Waals surface area contributed by atoms with Gasteiger partial charge in [0.15, 0.2) is 5.78 Å². The van der Waals surface area contributed by atoms with Gasteiger partial charge in [0.1, 0.15) is 35.2 Å². The van der Waals surface area contributed by atoms with Crippen LogP contribution in [-0.2, 0) is 55.8 Å². The number of hydrogen-bond donors (Lipinski definition) is 0. The van der Waals surface area contributed by atoms with Crippen LogP contribution in [0.3, 0.4) is 0 Å². The van der Waals surface area contributed by atoms with E-state index in [4.69, 9.17) is 33.2 Å². The van der Waals surface area contributed by atoms with Crippen LogP contribution in [0.1, 0.15) is 118 Å². The zero-order valence-corrected chi connectivity index (χ0v) is 37.7. The Bertz CT molecular complexity index is 2140. The maximum atomic E-state index is 13.2. The van der Waals surface area contributed by atoms with E-state index in [-0.39, 0.29) is 59.8 Å². The minimum atomic E-state index is -0.553. The summed E-state index contributed by atoms with van der Waals surface area (Å²) in [5, 5.41) is 0. The summed E-state index contributed by atoms with van der Waals surface area (Å²) in [6.07, 6.45) is 10.5. The highest BCUT2D eigenvalue weighted by molar-refractivity contribution is 5.98. The summed E-state index contributed by atoms with van der Waals surface area (Å²) >= 11 is 0. The van der Waals surface area contributed by atoms with E-state index < -0.39 is 35.7 Å². The lowest BCUT2D eigenvalue weighted by molar-refractivity contribution is -0.153. The van der Waals surface area contributed by atoms with Crippen LogP contribution in [0.15, 0.2) is 92.0 Å². The lowest BCUT2D eigenvalue weighted by atomic mass is 9.87. The molecule has 0 spiro atoms. The molecular formula is C52H60O14. The highest BCUT2D eigenvalue weighted by Gasteiger charge is 2.32. The van der Waals surface area contributed by atoms with Crippen molar-refractivity contribution in [2.75, 3.05) is 13.2 Å². The summed E-state index contributed by atoms with van der Waals surface area (Å²) in [5.41, 5.74) is 1.98. The number of ketones is 1. The first-order valence-electron chi connectivity index (χ1n) is 22.8. The topological polar surface area (TPSA) is 184 Å². The Morgan fingerprint density at radius 1 is 0.545 bits per heavy atom. The van der Waals surface area contributed by atoms with Crippen LogP contribution in [0, 0.1) is 11.8 Å². The van der Waals surface area contributed by atoms with Gasteiger partial charge in [0, 0.05) is 25.0 Å². The maximum Gasteiger partial charge on any atom is 0.335 e. The molecule has 0 radical (unpaired) electrons. The first-order chi connectivity index (χ1) is 31.9. The monoisotopic (exact) mass is 908 g/mol. The number of ether oxygens (including phenoxy) is 7. The number of esters is 6. The summed E-state index contributed by atoms with van der Waals surface area (Å²) < 4.78 is 38.6. The Balaban J connectivity index is 0.955. The number of Topliss-reactive ketones (excluding diaryl/α,β-unsaturated/α-hetero) is 1. The fourth-order valence-electron chi connectivity index (χ4n) is 7.76. The molecule has 0 amide bonds. The Kier molecular flexibility index (Phi) is 20.2. The second-order valence-electron chi connectivity index (χ2n) is 16.5. The van der Waals surface area contributed by atoms with Crippen molar-refractivity contribution in [3.63, 3.8) is 0 Å². The lowest BCUT2D eigenvalue weighted by Gasteiger charge is -2.27. The van der Waals surface area contributed by atoms with Gasteiger partial charge in [-0.15, -0.1) is 0 Å². The Morgan fingerprint density at radius 2 is 1.03 bits per heavy atom. The second-order valence-corrected chi connectivity index (χ2v) is 16.5. The number of unbranched alkanes of at least 4 members (excludes halogenated alkanes) is 3. The molecule has 14 heteroatoms. The molecule has 66 heavy (non-hydrogen) atoms. The van der Waals surface area contributed by atoms with Crippen molar-refractivity contribution in [2.45, 2.75) is 122 Å². The van der Waals surface area contributed by atoms with E-state index in [1.807, 2.05) is 24.3 Å². The number of carbonyl (C=O) groups is 7. The zero-order valence-electron chi connectivity index (χ0n) is 37.7. The maximum absolute atomic E-state index is 13.2. The third kappa shape index (κ3) is 17.1. The number of aryl methyl sites for hydroxylation is 2. The van der Waals surface area contributed by atoms with Crippen LogP contribution in [-0.4, -0.2) is 67.0 Å². The highest BCUT2D eigenvalue weighted by atomic mass is 16.6. The molecule has 0 aliphatic heterocycles. The van der Waals surface area contributed by atoms with Gasteiger partial charge in [0.05, 0.1) is 30.6 Å². The van der Waals surface area contributed by atoms with Crippen LogP contribution < -0.4 is 18.9 Å². The first kappa shape index (κ1) is 50.4. The van der Waals surface area contributed by atoms with Gasteiger partial charge in [-0.25, -0.2) is 9.59 Å². The Morgan fingerprint density at radius 3 is 1.55 bits per heavy atom. The zero-order chi connectivity index (χ0) is 47.3. The molecular weight excluding hydrogens is 849 g/mol. The van der Waals surface area contributed by atoms with Gasteiger partial charge in [-0.1, -0.05) is 37.4 Å². The van der Waals surface area contributed by atoms with Gasteiger partial charge < -0.3 is 33.2 Å². The Hall–Kier alpha value is -6.57. The molecule has 0 N–H and O–H groups in total. The van der Waals surface area contributed by atoms with Crippen LogP contribution in [0.5, 0.6) is 23.0 Å². The normalized spacial score (nSPS) is 17.8. The van der Waals surface area contributed by atoms with Gasteiger partial charge in [0.25, 0.3) is 0 Å². The van der Waals surface area contributed by atoms with Gasteiger partial charge in [-0.2, -0.15) is 0 Å². The summed E-state index contributed by atoms with van der Waals surface area (Å²) in [4.78, 5) is 86.6. The average molecular weight is 909 g/mol. The molecule has 3 aromatic carbocycles. The van der Waals surface area contributed by atoms with E-state index in [2.05, 4.69) is 13.2 Å². The van der Waals surface area contributed by atoms with Crippen molar-refractivity contribution in [3.8, 4) is 23.0 Å². The molecule has 0 bridgehead atoms. The van der Waals surface area contributed by atoms with E-state index in [9.17, 15) is 33.6 Å². The van der Waals surface area contributed by atoms with Crippen molar-refractivity contribution in [1.82, 2.24) is 0 Å². The highest BCUT2D eigenvalue weighted by Crippen LogP contribution is 2.33. The van der Waals surface area contributed by atoms with E-state index in [0.717, 1.165) is 54.7 Å². The van der Waals surface area contributed by atoms with Crippen molar-refractivity contribution in [2.24, 2.45) is 11.8 Å². The molecule has 0 atom stereocenters. The third-order valence-electron chi connectivity index (χ3n) is 11.6. The molecule has 0 heterocycles. The summed E-state index contributed by atoms with van der Waals surface area (Å²) in [7, 11) is 0. The minimum absolute atomic E-state index is 0.0752. The molecule has 2 fully saturated rings. The molecule has 0 aromatic heterocycles. The quantitative estimate of drug-likeness (QED) is 0.0207. The first-order valence-corrected chi connectivity index (χ1v) is 22.8. The summed E-state index contributed by atoms with van der Waals surface area (Å²) in [6, 6.07) is 18.8. The minimum Gasteiger partial charge on any atom is -0.494 e. The predicted octanol–water partition coefficient (Wildman–Crippen LogP) is 8.93. The van der Waals surface area contributed by atoms with Crippen LogP contribution in [0.4, 0.5) is 0 Å². The standard InChI is InChI=1S/C52H60O14/c1-4-47(54)61-33-9-7-6-8-32-60-40-20-10-36(11-21-40)14-30-49(56)64-43-26-18-39(19-27-43)52(59)66-46-29-28-44(34-45(46)35(3)53)65-51(58)38-16-24-42(25-17-38)63-50(57)31-15-37-12-22-41(23-13-37)62-48(55)5-2/h4-5,10-13,20-23,28-29,34,38-39,42-43H,1-2,6-9,14-19,24-27,30-33H2,3H3.